The van der Waals surface area contributed by atoms with E-state index in [0.717, 1.165) is 37.6 Å². The van der Waals surface area contributed by atoms with Crippen LogP contribution in [0.5, 0.6) is 0 Å². The SMILES string of the molecule is CNC[C@H]1CCN(C(=O)c2ccc(N(C)c3ccccc3)nc2)C1. The minimum atomic E-state index is 0.0787. The highest BCUT2D eigenvalue weighted by Crippen LogP contribution is 2.22. The van der Waals surface area contributed by atoms with Gasteiger partial charge in [-0.05, 0) is 50.2 Å². The molecule has 5 heteroatoms. The predicted octanol–water partition coefficient (Wildman–Crippen LogP) is 2.53. The van der Waals surface area contributed by atoms with Crippen molar-refractivity contribution in [2.75, 3.05) is 38.6 Å². The minimum absolute atomic E-state index is 0.0787. The van der Waals surface area contributed by atoms with Gasteiger partial charge in [0.25, 0.3) is 5.91 Å². The van der Waals surface area contributed by atoms with Crippen LogP contribution in [0.3, 0.4) is 0 Å². The first kappa shape index (κ1) is 16.5. The standard InChI is InChI=1S/C19H24N4O/c1-20-12-15-10-11-23(14-15)19(24)16-8-9-18(21-13-16)22(2)17-6-4-3-5-7-17/h3-9,13,15,20H,10-12,14H2,1-2H3/t15-/m1/s1. The molecule has 126 valence electrons. The highest BCUT2D eigenvalue weighted by atomic mass is 16.2. The number of nitrogens with zero attached hydrogens (tertiary/aromatic N) is 3. The summed E-state index contributed by atoms with van der Waals surface area (Å²) in [5, 5.41) is 3.19. The molecule has 3 rings (SSSR count). The molecule has 0 bridgehead atoms. The fraction of sp³-hybridized carbons (Fsp3) is 0.368. The predicted molar refractivity (Wildman–Crippen MR) is 96.7 cm³/mol. The van der Waals surface area contributed by atoms with Crippen LogP contribution in [0.1, 0.15) is 16.8 Å². The van der Waals surface area contributed by atoms with Crippen LogP contribution in [0.4, 0.5) is 11.5 Å². The Balaban J connectivity index is 1.67. The number of carbonyl (C=O) groups is 1. The summed E-state index contributed by atoms with van der Waals surface area (Å²) < 4.78 is 0. The molecule has 24 heavy (non-hydrogen) atoms. The molecule has 0 spiro atoms. The van der Waals surface area contributed by atoms with E-state index in [1.807, 2.05) is 66.4 Å². The monoisotopic (exact) mass is 324 g/mol. The molecule has 1 atom stereocenters. The summed E-state index contributed by atoms with van der Waals surface area (Å²) in [7, 11) is 3.93. The van der Waals surface area contributed by atoms with Gasteiger partial charge in [-0.1, -0.05) is 18.2 Å². The molecule has 0 aliphatic carbocycles. The molecule has 1 aromatic carbocycles. The molecular weight excluding hydrogens is 300 g/mol. The Hall–Kier alpha value is -2.40. The molecule has 2 aromatic rings. The van der Waals surface area contributed by atoms with Crippen molar-refractivity contribution in [2.45, 2.75) is 6.42 Å². The van der Waals surface area contributed by atoms with Gasteiger partial charge in [-0.15, -0.1) is 0 Å². The third kappa shape index (κ3) is 3.57. The molecule has 0 unspecified atom stereocenters. The van der Waals surface area contributed by atoms with Crippen LogP contribution in [0.2, 0.25) is 0 Å². The van der Waals surface area contributed by atoms with Gasteiger partial charge < -0.3 is 15.1 Å². The van der Waals surface area contributed by atoms with E-state index in [1.54, 1.807) is 6.20 Å². The highest BCUT2D eigenvalue weighted by Gasteiger charge is 2.26. The van der Waals surface area contributed by atoms with Crippen molar-refractivity contribution >= 4 is 17.4 Å². The summed E-state index contributed by atoms with van der Waals surface area (Å²) in [6, 6.07) is 13.8. The lowest BCUT2D eigenvalue weighted by Gasteiger charge is -2.19. The van der Waals surface area contributed by atoms with Gasteiger partial charge in [0.15, 0.2) is 0 Å². The Morgan fingerprint density at radius 3 is 2.75 bits per heavy atom. The Morgan fingerprint density at radius 1 is 1.29 bits per heavy atom. The lowest BCUT2D eigenvalue weighted by Crippen LogP contribution is -2.30. The molecule has 1 aromatic heterocycles. The number of anilines is 2. The van der Waals surface area contributed by atoms with Crippen molar-refractivity contribution in [2.24, 2.45) is 5.92 Å². The summed E-state index contributed by atoms with van der Waals surface area (Å²) in [5.74, 6) is 1.46. The molecule has 0 radical (unpaired) electrons. The van der Waals surface area contributed by atoms with Gasteiger partial charge in [-0.25, -0.2) is 4.98 Å². The van der Waals surface area contributed by atoms with Crippen molar-refractivity contribution in [3.05, 3.63) is 54.2 Å². The average molecular weight is 324 g/mol. The number of likely N-dealkylation sites (tertiary alicyclic amines) is 1. The Kier molecular flexibility index (Phi) is 5.11. The zero-order chi connectivity index (χ0) is 16.9. The lowest BCUT2D eigenvalue weighted by atomic mass is 10.1. The first-order valence-corrected chi connectivity index (χ1v) is 8.37. The van der Waals surface area contributed by atoms with Gasteiger partial charge >= 0.3 is 0 Å². The van der Waals surface area contributed by atoms with Gasteiger partial charge in [-0.2, -0.15) is 0 Å². The molecule has 1 N–H and O–H groups in total. The summed E-state index contributed by atoms with van der Waals surface area (Å²) in [6.07, 6.45) is 2.75. The maximum Gasteiger partial charge on any atom is 0.255 e. The summed E-state index contributed by atoms with van der Waals surface area (Å²) in [5.41, 5.74) is 1.73. The van der Waals surface area contributed by atoms with E-state index < -0.39 is 0 Å². The van der Waals surface area contributed by atoms with E-state index >= 15 is 0 Å². The molecule has 2 heterocycles. The number of hydrogen-bond acceptors (Lipinski definition) is 4. The number of para-hydroxylation sites is 1. The highest BCUT2D eigenvalue weighted by molar-refractivity contribution is 5.94. The smallest absolute Gasteiger partial charge is 0.255 e. The van der Waals surface area contributed by atoms with E-state index in [4.69, 9.17) is 0 Å². The van der Waals surface area contributed by atoms with E-state index in [1.165, 1.54) is 0 Å². The number of carbonyl (C=O) groups excluding carboxylic acids is 1. The molecule has 1 fully saturated rings. The van der Waals surface area contributed by atoms with Gasteiger partial charge in [0, 0.05) is 32.0 Å². The second-order valence-corrected chi connectivity index (χ2v) is 6.26. The summed E-state index contributed by atoms with van der Waals surface area (Å²) in [6.45, 7) is 2.62. The van der Waals surface area contributed by atoms with E-state index in [0.29, 0.717) is 11.5 Å². The summed E-state index contributed by atoms with van der Waals surface area (Å²) in [4.78, 5) is 21.0. The zero-order valence-electron chi connectivity index (χ0n) is 14.3. The number of amides is 1. The van der Waals surface area contributed by atoms with Crippen molar-refractivity contribution < 1.29 is 4.79 Å². The maximum atomic E-state index is 12.6. The Labute approximate surface area is 143 Å². The van der Waals surface area contributed by atoms with Gasteiger partial charge in [-0.3, -0.25) is 4.79 Å². The Bertz CT molecular complexity index is 672. The number of rotatable bonds is 5. The third-order valence-electron chi connectivity index (χ3n) is 4.55. The summed E-state index contributed by atoms with van der Waals surface area (Å²) >= 11 is 0. The van der Waals surface area contributed by atoms with Crippen molar-refractivity contribution in [1.82, 2.24) is 15.2 Å². The van der Waals surface area contributed by atoms with Crippen LogP contribution in [0, 0.1) is 5.92 Å². The van der Waals surface area contributed by atoms with Crippen molar-refractivity contribution in [1.29, 1.82) is 0 Å². The van der Waals surface area contributed by atoms with Gasteiger partial charge in [0.2, 0.25) is 0 Å². The average Bonchev–Trinajstić information content (AvgIpc) is 3.10. The fourth-order valence-corrected chi connectivity index (χ4v) is 3.15. The first-order valence-electron chi connectivity index (χ1n) is 8.37. The van der Waals surface area contributed by atoms with Crippen LogP contribution in [-0.4, -0.2) is 49.5 Å². The number of aromatic nitrogens is 1. The number of hydrogen-bond donors (Lipinski definition) is 1. The van der Waals surface area contributed by atoms with Crippen molar-refractivity contribution in [3.8, 4) is 0 Å². The maximum absolute atomic E-state index is 12.6. The van der Waals surface area contributed by atoms with Crippen molar-refractivity contribution in [3.63, 3.8) is 0 Å². The molecule has 0 saturated carbocycles. The van der Waals surface area contributed by atoms with E-state index in [-0.39, 0.29) is 5.91 Å². The van der Waals surface area contributed by atoms with E-state index in [2.05, 4.69) is 10.3 Å². The van der Waals surface area contributed by atoms with Crippen LogP contribution < -0.4 is 10.2 Å². The molecule has 5 nitrogen and oxygen atoms in total. The normalized spacial score (nSPS) is 17.1. The number of benzene rings is 1. The van der Waals surface area contributed by atoms with Crippen LogP contribution in [-0.2, 0) is 0 Å². The molecule has 1 aliphatic rings. The van der Waals surface area contributed by atoms with Gasteiger partial charge in [0.1, 0.15) is 5.82 Å². The first-order chi connectivity index (χ1) is 11.7. The van der Waals surface area contributed by atoms with Gasteiger partial charge in [0.05, 0.1) is 5.56 Å². The molecule has 1 saturated heterocycles. The third-order valence-corrected chi connectivity index (χ3v) is 4.55. The molecular formula is C19H24N4O. The molecule has 1 amide bonds. The minimum Gasteiger partial charge on any atom is -0.338 e. The largest absolute Gasteiger partial charge is 0.338 e. The van der Waals surface area contributed by atoms with Crippen LogP contribution >= 0.6 is 0 Å². The lowest BCUT2D eigenvalue weighted by molar-refractivity contribution is 0.0787. The molecule has 1 aliphatic heterocycles. The quantitative estimate of drug-likeness (QED) is 0.918. The topological polar surface area (TPSA) is 48.5 Å². The zero-order valence-corrected chi connectivity index (χ0v) is 14.3. The van der Waals surface area contributed by atoms with Crippen LogP contribution in [0.15, 0.2) is 48.7 Å². The Morgan fingerprint density at radius 2 is 2.08 bits per heavy atom. The fourth-order valence-electron chi connectivity index (χ4n) is 3.15. The second kappa shape index (κ2) is 7.45. The van der Waals surface area contributed by atoms with E-state index in [9.17, 15) is 4.79 Å². The van der Waals surface area contributed by atoms with Crippen LogP contribution in [0.25, 0.3) is 0 Å². The second-order valence-electron chi connectivity index (χ2n) is 6.26. The number of pyridine rings is 1. The number of nitrogens with one attached hydrogen (secondary N) is 1.